The molecule has 1 amide bonds. The summed E-state index contributed by atoms with van der Waals surface area (Å²) >= 11 is 0. The first-order valence-electron chi connectivity index (χ1n) is 8.23. The van der Waals surface area contributed by atoms with Crippen LogP contribution in [0.15, 0.2) is 53.7 Å². The van der Waals surface area contributed by atoms with Gasteiger partial charge in [0.1, 0.15) is 11.8 Å². The SMILES string of the molecule is CCC(=O)N(c1ccc(C(CCC(=O)O)N=O)cc1)c1ccccc1O. The van der Waals surface area contributed by atoms with Gasteiger partial charge in [-0.15, -0.1) is 0 Å². The maximum Gasteiger partial charge on any atom is 0.303 e. The van der Waals surface area contributed by atoms with Gasteiger partial charge in [-0.2, -0.15) is 4.91 Å². The van der Waals surface area contributed by atoms with E-state index in [1.165, 1.54) is 11.0 Å². The Morgan fingerprint density at radius 2 is 1.77 bits per heavy atom. The first-order chi connectivity index (χ1) is 12.5. The number of carbonyl (C=O) groups excluding carboxylic acids is 1. The minimum absolute atomic E-state index is 0.0210. The number of aromatic hydroxyl groups is 1. The summed E-state index contributed by atoms with van der Waals surface area (Å²) in [6.45, 7) is 1.72. The van der Waals surface area contributed by atoms with Crippen molar-refractivity contribution in [2.24, 2.45) is 5.18 Å². The molecule has 0 saturated carbocycles. The molecule has 7 heteroatoms. The van der Waals surface area contributed by atoms with E-state index in [1.807, 2.05) is 0 Å². The van der Waals surface area contributed by atoms with E-state index in [0.717, 1.165) is 0 Å². The fourth-order valence-corrected chi connectivity index (χ4v) is 2.61. The second kappa shape index (κ2) is 8.75. The Morgan fingerprint density at radius 1 is 1.12 bits per heavy atom. The predicted octanol–water partition coefficient (Wildman–Crippen LogP) is 4.14. The Balaban J connectivity index is 2.33. The molecule has 2 rings (SSSR count). The summed E-state index contributed by atoms with van der Waals surface area (Å²) in [6.07, 6.45) is 0.193. The smallest absolute Gasteiger partial charge is 0.303 e. The molecular weight excluding hydrogens is 336 g/mol. The number of benzene rings is 2. The first kappa shape index (κ1) is 19.1. The van der Waals surface area contributed by atoms with Crippen LogP contribution in [-0.4, -0.2) is 22.1 Å². The van der Waals surface area contributed by atoms with Crippen LogP contribution in [0, 0.1) is 4.91 Å². The quantitative estimate of drug-likeness (QED) is 0.691. The second-order valence-corrected chi connectivity index (χ2v) is 5.72. The topological polar surface area (TPSA) is 107 Å². The number of aliphatic carboxylic acids is 1. The Hall–Kier alpha value is -3.22. The number of para-hydroxylation sites is 2. The molecule has 0 aliphatic carbocycles. The molecule has 0 bridgehead atoms. The molecule has 7 nitrogen and oxygen atoms in total. The number of carbonyl (C=O) groups is 2. The van der Waals surface area contributed by atoms with Crippen molar-refractivity contribution in [2.45, 2.75) is 32.2 Å². The number of anilines is 2. The van der Waals surface area contributed by atoms with Gasteiger partial charge in [0.2, 0.25) is 5.91 Å². The third-order valence-corrected chi connectivity index (χ3v) is 3.97. The van der Waals surface area contributed by atoms with Crippen molar-refractivity contribution >= 4 is 23.3 Å². The number of amides is 1. The highest BCUT2D eigenvalue weighted by Gasteiger charge is 2.20. The van der Waals surface area contributed by atoms with E-state index in [2.05, 4.69) is 5.18 Å². The highest BCUT2D eigenvalue weighted by Crippen LogP contribution is 2.34. The van der Waals surface area contributed by atoms with Crippen LogP contribution in [0.25, 0.3) is 0 Å². The van der Waals surface area contributed by atoms with Gasteiger partial charge < -0.3 is 10.2 Å². The molecule has 0 radical (unpaired) electrons. The summed E-state index contributed by atoms with van der Waals surface area (Å²) in [5.41, 5.74) is 1.47. The molecule has 0 aliphatic heterocycles. The number of rotatable bonds is 8. The molecule has 1 unspecified atom stereocenters. The number of nitrogens with zero attached hydrogens (tertiary/aromatic N) is 2. The molecule has 0 fully saturated rings. The van der Waals surface area contributed by atoms with Crippen molar-refractivity contribution in [3.8, 4) is 5.75 Å². The van der Waals surface area contributed by atoms with Crippen LogP contribution in [0.4, 0.5) is 11.4 Å². The van der Waals surface area contributed by atoms with E-state index >= 15 is 0 Å². The van der Waals surface area contributed by atoms with Crippen LogP contribution in [-0.2, 0) is 9.59 Å². The van der Waals surface area contributed by atoms with Crippen LogP contribution < -0.4 is 4.90 Å². The van der Waals surface area contributed by atoms with Gasteiger partial charge in [0.05, 0.1) is 5.69 Å². The van der Waals surface area contributed by atoms with E-state index in [1.54, 1.807) is 49.4 Å². The third kappa shape index (κ3) is 4.44. The zero-order valence-electron chi connectivity index (χ0n) is 14.3. The zero-order valence-corrected chi connectivity index (χ0v) is 14.3. The van der Waals surface area contributed by atoms with Gasteiger partial charge in [-0.3, -0.25) is 14.5 Å². The molecule has 2 aromatic rings. The molecule has 0 aliphatic rings. The molecule has 26 heavy (non-hydrogen) atoms. The van der Waals surface area contributed by atoms with E-state index in [9.17, 15) is 19.6 Å². The molecule has 1 atom stereocenters. The van der Waals surface area contributed by atoms with E-state index < -0.39 is 12.0 Å². The minimum atomic E-state index is -0.991. The average Bonchev–Trinajstić information content (AvgIpc) is 2.64. The highest BCUT2D eigenvalue weighted by atomic mass is 16.4. The van der Waals surface area contributed by atoms with Gasteiger partial charge in [-0.1, -0.05) is 36.4 Å². The van der Waals surface area contributed by atoms with Gasteiger partial charge in [0.25, 0.3) is 0 Å². The number of nitroso groups, excluding NO2 is 1. The summed E-state index contributed by atoms with van der Waals surface area (Å²) in [5, 5.41) is 21.8. The number of carboxylic acid groups (broad SMARTS) is 1. The predicted molar refractivity (Wildman–Crippen MR) is 97.4 cm³/mol. The third-order valence-electron chi connectivity index (χ3n) is 3.97. The minimum Gasteiger partial charge on any atom is -0.506 e. The van der Waals surface area contributed by atoms with Gasteiger partial charge in [-0.25, -0.2) is 0 Å². The van der Waals surface area contributed by atoms with Gasteiger partial charge in [0.15, 0.2) is 0 Å². The summed E-state index contributed by atoms with van der Waals surface area (Å²) in [6, 6.07) is 12.3. The van der Waals surface area contributed by atoms with Crippen LogP contribution in [0.3, 0.4) is 0 Å². The standard InChI is InChI=1S/C19H20N2O5/c1-2-18(23)21(16-5-3-4-6-17(16)22)14-9-7-13(8-10-14)15(20-26)11-12-19(24)25/h3-10,15,22H,2,11-12H2,1H3,(H,24,25). The highest BCUT2D eigenvalue weighted by molar-refractivity contribution is 6.01. The Labute approximate surface area is 150 Å². The summed E-state index contributed by atoms with van der Waals surface area (Å²) < 4.78 is 0. The van der Waals surface area contributed by atoms with Gasteiger partial charge in [0, 0.05) is 18.5 Å². The molecule has 136 valence electrons. The Morgan fingerprint density at radius 3 is 2.31 bits per heavy atom. The zero-order chi connectivity index (χ0) is 19.1. The molecule has 2 N–H and O–H groups in total. The fourth-order valence-electron chi connectivity index (χ4n) is 2.61. The number of phenolic OH excluding ortho intramolecular Hbond substituents is 1. The Kier molecular flexibility index (Phi) is 6.43. The van der Waals surface area contributed by atoms with Crippen molar-refractivity contribution in [1.82, 2.24) is 0 Å². The van der Waals surface area contributed by atoms with Crippen molar-refractivity contribution in [3.63, 3.8) is 0 Å². The lowest BCUT2D eigenvalue weighted by Gasteiger charge is -2.23. The number of carboxylic acids is 1. The monoisotopic (exact) mass is 356 g/mol. The van der Waals surface area contributed by atoms with Gasteiger partial charge in [-0.05, 0) is 36.2 Å². The van der Waals surface area contributed by atoms with Crippen molar-refractivity contribution < 1.29 is 19.8 Å². The summed E-state index contributed by atoms with van der Waals surface area (Å²) in [4.78, 5) is 35.5. The van der Waals surface area contributed by atoms with Crippen LogP contribution >= 0.6 is 0 Å². The fraction of sp³-hybridized carbons (Fsp3) is 0.263. The van der Waals surface area contributed by atoms with E-state index in [4.69, 9.17) is 5.11 Å². The molecule has 0 saturated heterocycles. The molecule has 0 heterocycles. The molecular formula is C19H20N2O5. The van der Waals surface area contributed by atoms with Crippen LogP contribution in [0.5, 0.6) is 5.75 Å². The molecule has 0 aromatic heterocycles. The molecule has 2 aromatic carbocycles. The van der Waals surface area contributed by atoms with Gasteiger partial charge >= 0.3 is 5.97 Å². The second-order valence-electron chi connectivity index (χ2n) is 5.72. The van der Waals surface area contributed by atoms with E-state index in [-0.39, 0.29) is 30.9 Å². The number of hydrogen-bond donors (Lipinski definition) is 2. The van der Waals surface area contributed by atoms with E-state index in [0.29, 0.717) is 16.9 Å². The van der Waals surface area contributed by atoms with Crippen LogP contribution in [0.1, 0.15) is 37.8 Å². The number of phenols is 1. The Bertz CT molecular complexity index is 789. The van der Waals surface area contributed by atoms with Crippen molar-refractivity contribution in [2.75, 3.05) is 4.90 Å². The normalized spacial score (nSPS) is 11.6. The van der Waals surface area contributed by atoms with Crippen molar-refractivity contribution in [3.05, 3.63) is 59.0 Å². The summed E-state index contributed by atoms with van der Waals surface area (Å²) in [5.74, 6) is -1.21. The molecule has 0 spiro atoms. The summed E-state index contributed by atoms with van der Waals surface area (Å²) in [7, 11) is 0. The van der Waals surface area contributed by atoms with Crippen molar-refractivity contribution in [1.29, 1.82) is 0 Å². The first-order valence-corrected chi connectivity index (χ1v) is 8.23. The lowest BCUT2D eigenvalue weighted by atomic mass is 10.0. The largest absolute Gasteiger partial charge is 0.506 e. The maximum atomic E-state index is 12.4. The maximum absolute atomic E-state index is 12.4. The average molecular weight is 356 g/mol. The van der Waals surface area contributed by atoms with Crippen LogP contribution in [0.2, 0.25) is 0 Å². The number of hydrogen-bond acceptors (Lipinski definition) is 5. The lowest BCUT2D eigenvalue weighted by Crippen LogP contribution is -2.25. The lowest BCUT2D eigenvalue weighted by molar-refractivity contribution is -0.137.